The lowest BCUT2D eigenvalue weighted by atomic mass is 9.80. The molecule has 0 radical (unpaired) electrons. The molecule has 24 heavy (non-hydrogen) atoms. The van der Waals surface area contributed by atoms with Crippen LogP contribution in [0.25, 0.3) is 0 Å². The highest BCUT2D eigenvalue weighted by Gasteiger charge is 2.32. The van der Waals surface area contributed by atoms with Crippen molar-refractivity contribution in [3.8, 4) is 0 Å². The number of halogens is 6. The minimum absolute atomic E-state index is 0.275. The van der Waals surface area contributed by atoms with Crippen molar-refractivity contribution in [3.63, 3.8) is 0 Å². The molecule has 0 saturated carbocycles. The molecular weight excluding hydrogens is 696 g/mol. The van der Waals surface area contributed by atoms with E-state index < -0.39 is 0 Å². The van der Waals surface area contributed by atoms with E-state index in [9.17, 15) is 0 Å². The fraction of sp³-hybridized carbons (Fsp3) is 0.667. The number of hydrogen-bond donors (Lipinski definition) is 0. The molecule has 0 fully saturated rings. The molecule has 0 aliphatic carbocycles. The van der Waals surface area contributed by atoms with Crippen LogP contribution in [0.15, 0.2) is 0 Å². The molecule has 1 aromatic carbocycles. The summed E-state index contributed by atoms with van der Waals surface area (Å²) in [7, 11) is 0. The molecule has 0 N–H and O–H groups in total. The van der Waals surface area contributed by atoms with E-state index in [1.54, 1.807) is 0 Å². The summed E-state index contributed by atoms with van der Waals surface area (Å²) in [6.45, 7) is 13.3. The van der Waals surface area contributed by atoms with Crippen molar-refractivity contribution < 1.29 is 0 Å². The Morgan fingerprint density at radius 2 is 0.417 bits per heavy atom. The van der Waals surface area contributed by atoms with Gasteiger partial charge in [0.25, 0.3) is 0 Å². The summed E-state index contributed by atoms with van der Waals surface area (Å²) in [6.07, 6.45) is 0. The maximum Gasteiger partial charge on any atom is 0.0373 e. The van der Waals surface area contributed by atoms with Crippen LogP contribution in [0, 0.1) is 0 Å². The van der Waals surface area contributed by atoms with Gasteiger partial charge in [-0.05, 0) is 74.9 Å². The van der Waals surface area contributed by atoms with Crippen LogP contribution in [0.3, 0.4) is 0 Å². The van der Waals surface area contributed by atoms with Crippen LogP contribution >= 0.6 is 95.6 Å². The number of rotatable bonds is 6. The lowest BCUT2D eigenvalue weighted by Crippen LogP contribution is -2.16. The van der Waals surface area contributed by atoms with Crippen LogP contribution in [0.1, 0.15) is 104 Å². The Bertz CT molecular complexity index is 422. The van der Waals surface area contributed by atoms with Gasteiger partial charge in [-0.3, -0.25) is 0 Å². The van der Waals surface area contributed by atoms with Crippen molar-refractivity contribution >= 4 is 95.6 Å². The Morgan fingerprint density at radius 1 is 0.333 bits per heavy atom. The quantitative estimate of drug-likeness (QED) is 0.257. The van der Waals surface area contributed by atoms with Crippen LogP contribution in [-0.2, 0) is 0 Å². The van der Waals surface area contributed by atoms with Gasteiger partial charge in [0.05, 0.1) is 0 Å². The zero-order valence-electron chi connectivity index (χ0n) is 14.7. The summed E-state index contributed by atoms with van der Waals surface area (Å²) in [5.74, 6) is 0. The van der Waals surface area contributed by atoms with E-state index >= 15 is 0 Å². The molecular formula is C18H24Br6. The Morgan fingerprint density at radius 3 is 0.458 bits per heavy atom. The van der Waals surface area contributed by atoms with Crippen molar-refractivity contribution in [2.75, 3.05) is 0 Å². The van der Waals surface area contributed by atoms with E-state index in [0.29, 0.717) is 0 Å². The second kappa shape index (κ2) is 10.0. The van der Waals surface area contributed by atoms with Gasteiger partial charge in [0.1, 0.15) is 0 Å². The van der Waals surface area contributed by atoms with Gasteiger partial charge in [-0.25, -0.2) is 0 Å². The Labute approximate surface area is 197 Å². The van der Waals surface area contributed by atoms with Crippen LogP contribution < -0.4 is 0 Å². The lowest BCUT2D eigenvalue weighted by molar-refractivity contribution is 0.863. The second-order valence-corrected chi connectivity index (χ2v) is 14.4. The largest absolute Gasteiger partial charge is 0.0842 e. The molecule has 0 saturated heterocycles. The van der Waals surface area contributed by atoms with E-state index in [4.69, 9.17) is 0 Å². The predicted molar refractivity (Wildman–Crippen MR) is 130 cm³/mol. The molecule has 0 spiro atoms. The number of hydrogen-bond acceptors (Lipinski definition) is 0. The van der Waals surface area contributed by atoms with E-state index in [0.717, 1.165) is 0 Å². The molecule has 6 unspecified atom stereocenters. The van der Waals surface area contributed by atoms with Gasteiger partial charge < -0.3 is 0 Å². The van der Waals surface area contributed by atoms with E-state index in [1.807, 2.05) is 0 Å². The van der Waals surface area contributed by atoms with Crippen LogP contribution in [0.5, 0.6) is 0 Å². The van der Waals surface area contributed by atoms with Crippen LogP contribution in [0.4, 0.5) is 0 Å². The Balaban J connectivity index is 4.24. The van der Waals surface area contributed by atoms with Crippen LogP contribution in [0.2, 0.25) is 0 Å². The average Bonchev–Trinajstić information content (AvgIpc) is 2.42. The summed E-state index contributed by atoms with van der Waals surface area (Å²) in [5, 5.41) is 0. The van der Waals surface area contributed by atoms with Crippen molar-refractivity contribution in [3.05, 3.63) is 33.4 Å². The first-order valence-electron chi connectivity index (χ1n) is 8.01. The van der Waals surface area contributed by atoms with Crippen molar-refractivity contribution in [2.24, 2.45) is 0 Å². The van der Waals surface area contributed by atoms with Gasteiger partial charge in [-0.1, -0.05) is 95.6 Å². The molecule has 1 rings (SSSR count). The first kappa shape index (κ1) is 24.1. The zero-order valence-corrected chi connectivity index (χ0v) is 24.2. The Kier molecular flexibility index (Phi) is 10.1. The Hall–Kier alpha value is 2.10. The highest BCUT2D eigenvalue weighted by Crippen LogP contribution is 2.52. The summed E-state index contributed by atoms with van der Waals surface area (Å²) in [6, 6.07) is 0. The summed E-state index contributed by atoms with van der Waals surface area (Å²) >= 11 is 23.2. The van der Waals surface area contributed by atoms with Gasteiger partial charge in [0.15, 0.2) is 0 Å². The minimum Gasteiger partial charge on any atom is -0.0842 e. The standard InChI is InChI=1S/C18H24Br6/c1-7(19)13-14(8(2)20)16(10(4)22)18(12(6)24)17(11(5)23)15(13)9(3)21/h7-12H,1-6H3. The summed E-state index contributed by atoms with van der Waals surface area (Å²) in [4.78, 5) is 1.65. The molecule has 0 aliphatic rings. The lowest BCUT2D eigenvalue weighted by Gasteiger charge is -2.33. The topological polar surface area (TPSA) is 0 Å². The highest BCUT2D eigenvalue weighted by atomic mass is 79.9. The van der Waals surface area contributed by atoms with E-state index in [2.05, 4.69) is 137 Å². The number of benzene rings is 1. The fourth-order valence-corrected chi connectivity index (χ4v) is 6.40. The SMILES string of the molecule is CC(Br)c1c(C(C)Br)c(C(C)Br)c(C(C)Br)c(C(C)Br)c1C(C)Br. The van der Waals surface area contributed by atoms with Gasteiger partial charge in [-0.2, -0.15) is 0 Å². The monoisotopic (exact) mass is 714 g/mol. The molecule has 6 atom stereocenters. The maximum absolute atomic E-state index is 3.86. The third-order valence-corrected chi connectivity index (χ3v) is 6.87. The molecule has 0 amide bonds. The smallest absolute Gasteiger partial charge is 0.0373 e. The maximum atomic E-state index is 3.86. The molecule has 0 aliphatic heterocycles. The molecule has 0 heterocycles. The molecule has 6 heteroatoms. The van der Waals surface area contributed by atoms with Gasteiger partial charge in [-0.15, -0.1) is 0 Å². The third kappa shape index (κ3) is 5.12. The highest BCUT2D eigenvalue weighted by molar-refractivity contribution is 9.10. The molecule has 138 valence electrons. The summed E-state index contributed by atoms with van der Waals surface area (Å²) < 4.78 is 0. The third-order valence-electron chi connectivity index (χ3n) is 4.13. The fourth-order valence-electron chi connectivity index (χ4n) is 3.44. The van der Waals surface area contributed by atoms with Crippen molar-refractivity contribution in [1.82, 2.24) is 0 Å². The first-order valence-corrected chi connectivity index (χ1v) is 13.5. The summed E-state index contributed by atoms with van der Waals surface area (Å²) in [5.41, 5.74) is 8.35. The zero-order chi connectivity index (χ0) is 18.9. The minimum atomic E-state index is 0.275. The van der Waals surface area contributed by atoms with Gasteiger partial charge >= 0.3 is 0 Å². The number of alkyl halides is 6. The average molecular weight is 720 g/mol. The van der Waals surface area contributed by atoms with Gasteiger partial charge in [0, 0.05) is 29.0 Å². The molecule has 1 aromatic rings. The molecule has 0 bridgehead atoms. The normalized spacial score (nSPS) is 19.5. The van der Waals surface area contributed by atoms with Gasteiger partial charge in [0.2, 0.25) is 0 Å². The van der Waals surface area contributed by atoms with Crippen molar-refractivity contribution in [2.45, 2.75) is 70.5 Å². The van der Waals surface area contributed by atoms with Crippen molar-refractivity contribution in [1.29, 1.82) is 0 Å². The van der Waals surface area contributed by atoms with E-state index in [1.165, 1.54) is 33.4 Å². The van der Waals surface area contributed by atoms with Crippen LogP contribution in [-0.4, -0.2) is 0 Å². The molecule has 0 aromatic heterocycles. The predicted octanol–water partition coefficient (Wildman–Crippen LogP) is 10.4. The first-order chi connectivity index (χ1) is 10.9. The second-order valence-electron chi connectivity index (χ2n) is 6.18. The molecule has 0 nitrogen and oxygen atoms in total. The van der Waals surface area contributed by atoms with E-state index in [-0.39, 0.29) is 29.0 Å².